The Bertz CT molecular complexity index is 234. The van der Waals surface area contributed by atoms with Gasteiger partial charge in [0.25, 0.3) is 0 Å². The molecule has 0 spiro atoms. The summed E-state index contributed by atoms with van der Waals surface area (Å²) in [6.45, 7) is 18.4. The zero-order valence-corrected chi connectivity index (χ0v) is 14.2. The van der Waals surface area contributed by atoms with Gasteiger partial charge < -0.3 is 5.73 Å². The highest BCUT2D eigenvalue weighted by Gasteiger charge is 2.47. The zero-order valence-electron chi connectivity index (χ0n) is 14.2. The third-order valence-corrected chi connectivity index (χ3v) is 5.12. The summed E-state index contributed by atoms with van der Waals surface area (Å²) in [6, 6.07) is 0. The van der Waals surface area contributed by atoms with Crippen molar-refractivity contribution in [2.75, 3.05) is 0 Å². The molecule has 0 aliphatic carbocycles. The summed E-state index contributed by atoms with van der Waals surface area (Å²) in [5.41, 5.74) is 7.05. The molecule has 0 aliphatic heterocycles. The highest BCUT2D eigenvalue weighted by molar-refractivity contribution is 5.03. The molecule has 0 rings (SSSR count). The van der Waals surface area contributed by atoms with Gasteiger partial charge in [-0.05, 0) is 36.5 Å². The average molecular weight is 255 g/mol. The number of nitrogens with two attached hydrogens (primary N) is 1. The molecular formula is C17H37N. The second kappa shape index (κ2) is 6.41. The maximum atomic E-state index is 6.78. The minimum absolute atomic E-state index is 0.118. The topological polar surface area (TPSA) is 26.0 Å². The first-order chi connectivity index (χ1) is 7.98. The fourth-order valence-electron chi connectivity index (χ4n) is 3.00. The van der Waals surface area contributed by atoms with E-state index in [0.29, 0.717) is 0 Å². The molecule has 0 aromatic heterocycles. The standard InChI is InChI=1S/C17H37N/c1-9-12-16(7,13-10-11-14(2)3)17(8,18)15(4,5)6/h14H,9-13,18H2,1-8H3. The lowest BCUT2D eigenvalue weighted by Gasteiger charge is -2.52. The van der Waals surface area contributed by atoms with Crippen LogP contribution in [0, 0.1) is 16.7 Å². The van der Waals surface area contributed by atoms with E-state index >= 15 is 0 Å². The van der Waals surface area contributed by atoms with Gasteiger partial charge in [0.15, 0.2) is 0 Å². The van der Waals surface area contributed by atoms with Crippen molar-refractivity contribution in [2.45, 2.75) is 93.0 Å². The number of rotatable bonds is 7. The van der Waals surface area contributed by atoms with Crippen LogP contribution in [0.2, 0.25) is 0 Å². The van der Waals surface area contributed by atoms with Crippen molar-refractivity contribution in [3.63, 3.8) is 0 Å². The number of hydrogen-bond donors (Lipinski definition) is 1. The molecule has 1 heteroatoms. The molecule has 110 valence electrons. The molecule has 0 fully saturated rings. The first-order valence-electron chi connectivity index (χ1n) is 7.77. The van der Waals surface area contributed by atoms with Crippen LogP contribution in [0.25, 0.3) is 0 Å². The van der Waals surface area contributed by atoms with E-state index in [1.807, 2.05) is 0 Å². The van der Waals surface area contributed by atoms with Crippen LogP contribution in [-0.4, -0.2) is 5.54 Å². The molecule has 0 bridgehead atoms. The smallest absolute Gasteiger partial charge is 0.0229 e. The van der Waals surface area contributed by atoms with Gasteiger partial charge in [-0.25, -0.2) is 0 Å². The van der Waals surface area contributed by atoms with Gasteiger partial charge in [-0.3, -0.25) is 0 Å². The molecule has 2 N–H and O–H groups in total. The molecule has 18 heavy (non-hydrogen) atoms. The van der Waals surface area contributed by atoms with Gasteiger partial charge >= 0.3 is 0 Å². The summed E-state index contributed by atoms with van der Waals surface area (Å²) in [5, 5.41) is 0. The monoisotopic (exact) mass is 255 g/mol. The summed E-state index contributed by atoms with van der Waals surface area (Å²) in [5.74, 6) is 0.801. The molecule has 0 aromatic carbocycles. The van der Waals surface area contributed by atoms with E-state index in [0.717, 1.165) is 5.92 Å². The average Bonchev–Trinajstić information content (AvgIpc) is 2.15. The van der Waals surface area contributed by atoms with Crippen molar-refractivity contribution in [1.82, 2.24) is 0 Å². The van der Waals surface area contributed by atoms with Crippen LogP contribution in [0.3, 0.4) is 0 Å². The zero-order chi connectivity index (χ0) is 14.6. The SMILES string of the molecule is CCCC(C)(CCCC(C)C)C(C)(N)C(C)(C)C. The summed E-state index contributed by atoms with van der Waals surface area (Å²) in [4.78, 5) is 0. The fourth-order valence-corrected chi connectivity index (χ4v) is 3.00. The maximum absolute atomic E-state index is 6.78. The van der Waals surface area contributed by atoms with E-state index < -0.39 is 0 Å². The molecular weight excluding hydrogens is 218 g/mol. The Morgan fingerprint density at radius 3 is 1.78 bits per heavy atom. The van der Waals surface area contributed by atoms with Gasteiger partial charge in [0.05, 0.1) is 0 Å². The predicted octanol–water partition coefficient (Wildman–Crippen LogP) is 5.38. The van der Waals surface area contributed by atoms with E-state index in [2.05, 4.69) is 55.4 Å². The Morgan fingerprint density at radius 2 is 1.44 bits per heavy atom. The minimum atomic E-state index is -0.118. The van der Waals surface area contributed by atoms with Crippen LogP contribution in [0.5, 0.6) is 0 Å². The molecule has 0 radical (unpaired) electrons. The lowest BCUT2D eigenvalue weighted by Crippen LogP contribution is -2.60. The molecule has 0 saturated carbocycles. The third-order valence-electron chi connectivity index (χ3n) is 5.12. The highest BCUT2D eigenvalue weighted by Crippen LogP contribution is 2.48. The lowest BCUT2D eigenvalue weighted by molar-refractivity contribution is 0.0298. The molecule has 0 aliphatic rings. The lowest BCUT2D eigenvalue weighted by atomic mass is 9.57. The normalized spacial score (nSPS) is 19.7. The van der Waals surface area contributed by atoms with Crippen LogP contribution in [0.15, 0.2) is 0 Å². The molecule has 0 aromatic rings. The maximum Gasteiger partial charge on any atom is 0.0229 e. The van der Waals surface area contributed by atoms with Crippen molar-refractivity contribution < 1.29 is 0 Å². The summed E-state index contributed by atoms with van der Waals surface area (Å²) in [7, 11) is 0. The van der Waals surface area contributed by atoms with Crippen LogP contribution in [-0.2, 0) is 0 Å². The van der Waals surface area contributed by atoms with E-state index in [9.17, 15) is 0 Å². The van der Waals surface area contributed by atoms with Crippen LogP contribution in [0.1, 0.15) is 87.5 Å². The molecule has 0 saturated heterocycles. The molecule has 2 unspecified atom stereocenters. The summed E-state index contributed by atoms with van der Waals surface area (Å²) >= 11 is 0. The Kier molecular flexibility index (Phi) is 6.40. The Hall–Kier alpha value is -0.0400. The summed E-state index contributed by atoms with van der Waals surface area (Å²) in [6.07, 6.45) is 6.33. The van der Waals surface area contributed by atoms with Gasteiger partial charge in [-0.2, -0.15) is 0 Å². The van der Waals surface area contributed by atoms with E-state index in [4.69, 9.17) is 5.73 Å². The summed E-state index contributed by atoms with van der Waals surface area (Å²) < 4.78 is 0. The second-order valence-corrected chi connectivity index (χ2v) is 8.05. The largest absolute Gasteiger partial charge is 0.324 e. The van der Waals surface area contributed by atoms with Gasteiger partial charge in [0.1, 0.15) is 0 Å². The second-order valence-electron chi connectivity index (χ2n) is 8.05. The molecule has 1 nitrogen and oxygen atoms in total. The van der Waals surface area contributed by atoms with E-state index in [1.54, 1.807) is 0 Å². The van der Waals surface area contributed by atoms with Crippen molar-refractivity contribution in [1.29, 1.82) is 0 Å². The number of hydrogen-bond acceptors (Lipinski definition) is 1. The molecule has 0 heterocycles. The predicted molar refractivity (Wildman–Crippen MR) is 83.8 cm³/mol. The van der Waals surface area contributed by atoms with E-state index in [1.165, 1.54) is 32.1 Å². The van der Waals surface area contributed by atoms with Crippen LogP contribution in [0.4, 0.5) is 0 Å². The van der Waals surface area contributed by atoms with Crippen molar-refractivity contribution in [3.05, 3.63) is 0 Å². The van der Waals surface area contributed by atoms with Crippen molar-refractivity contribution in [2.24, 2.45) is 22.5 Å². The van der Waals surface area contributed by atoms with Gasteiger partial charge in [0, 0.05) is 5.54 Å². The van der Waals surface area contributed by atoms with Gasteiger partial charge in [0.2, 0.25) is 0 Å². The van der Waals surface area contributed by atoms with Crippen molar-refractivity contribution >= 4 is 0 Å². The van der Waals surface area contributed by atoms with Gasteiger partial charge in [-0.15, -0.1) is 0 Å². The van der Waals surface area contributed by atoms with Crippen molar-refractivity contribution in [3.8, 4) is 0 Å². The minimum Gasteiger partial charge on any atom is -0.324 e. The first kappa shape index (κ1) is 18.0. The van der Waals surface area contributed by atoms with Gasteiger partial charge in [-0.1, -0.05) is 67.7 Å². The third kappa shape index (κ3) is 4.26. The molecule has 2 atom stereocenters. The van der Waals surface area contributed by atoms with E-state index in [-0.39, 0.29) is 16.4 Å². The molecule has 0 amide bonds. The quantitative estimate of drug-likeness (QED) is 0.649. The fraction of sp³-hybridized carbons (Fsp3) is 1.00. The highest BCUT2D eigenvalue weighted by atomic mass is 14.8. The Morgan fingerprint density at radius 1 is 0.944 bits per heavy atom. The Balaban J connectivity index is 4.90. The van der Waals surface area contributed by atoms with Crippen LogP contribution >= 0.6 is 0 Å². The van der Waals surface area contributed by atoms with Crippen LogP contribution < -0.4 is 5.73 Å². The first-order valence-corrected chi connectivity index (χ1v) is 7.77. The Labute approximate surface area is 116 Å².